The van der Waals surface area contributed by atoms with Crippen molar-refractivity contribution in [3.63, 3.8) is 0 Å². The van der Waals surface area contributed by atoms with E-state index >= 15 is 0 Å². The summed E-state index contributed by atoms with van der Waals surface area (Å²) in [6, 6.07) is 0. The number of hydrogen-bond donors (Lipinski definition) is 2. The van der Waals surface area contributed by atoms with Gasteiger partial charge in [0, 0.05) is 31.9 Å². The Hall–Kier alpha value is -1.76. The molecule has 1 aliphatic carbocycles. The molecule has 3 rings (SSSR count). The Labute approximate surface area is 132 Å². The highest BCUT2D eigenvalue weighted by Crippen LogP contribution is 2.27. The van der Waals surface area contributed by atoms with Gasteiger partial charge in [0.15, 0.2) is 5.82 Å². The molecule has 21 heavy (non-hydrogen) atoms. The minimum atomic E-state index is 0.220. The number of anilines is 3. The molecule has 0 unspecified atom stereocenters. The highest BCUT2D eigenvalue weighted by molar-refractivity contribution is 9.11. The maximum atomic E-state index is 5.93. The van der Waals surface area contributed by atoms with E-state index in [1.54, 1.807) is 6.20 Å². The summed E-state index contributed by atoms with van der Waals surface area (Å²) in [4.78, 5) is 12.7. The summed E-state index contributed by atoms with van der Waals surface area (Å²) in [5.74, 6) is 0.674. The van der Waals surface area contributed by atoms with Crippen LogP contribution >= 0.6 is 15.9 Å². The van der Waals surface area contributed by atoms with E-state index in [-0.39, 0.29) is 5.95 Å². The summed E-state index contributed by atoms with van der Waals surface area (Å²) < 4.78 is 1.28. The number of halogens is 1. The molecule has 1 fully saturated rings. The van der Waals surface area contributed by atoms with Crippen LogP contribution in [0.2, 0.25) is 0 Å². The van der Waals surface area contributed by atoms with Gasteiger partial charge in [-0.3, -0.25) is 0 Å². The molecular formula is C14H19BrN6. The van der Waals surface area contributed by atoms with E-state index in [1.165, 1.54) is 10.2 Å². The highest BCUT2D eigenvalue weighted by Gasteiger charge is 2.21. The SMILES string of the molecule is Nc1ncc(N2CCN(C3=CCCC(Br)=C3)CC2)c(N)n1. The molecule has 7 heteroatoms. The molecule has 1 saturated heterocycles. The topological polar surface area (TPSA) is 84.3 Å². The molecule has 0 amide bonds. The molecule has 1 aliphatic heterocycles. The van der Waals surface area contributed by atoms with Gasteiger partial charge in [-0.05, 0) is 23.4 Å². The zero-order valence-corrected chi connectivity index (χ0v) is 13.4. The van der Waals surface area contributed by atoms with Crippen LogP contribution in [0, 0.1) is 0 Å². The van der Waals surface area contributed by atoms with Gasteiger partial charge in [0.05, 0.1) is 11.9 Å². The Morgan fingerprint density at radius 2 is 1.81 bits per heavy atom. The van der Waals surface area contributed by atoms with Crippen molar-refractivity contribution in [3.05, 3.63) is 28.5 Å². The lowest BCUT2D eigenvalue weighted by atomic mass is 10.1. The van der Waals surface area contributed by atoms with Crippen molar-refractivity contribution in [3.8, 4) is 0 Å². The molecule has 112 valence electrons. The molecule has 0 spiro atoms. The molecule has 2 heterocycles. The van der Waals surface area contributed by atoms with Crippen LogP contribution in [-0.4, -0.2) is 41.0 Å². The summed E-state index contributed by atoms with van der Waals surface area (Å²) in [7, 11) is 0. The molecule has 0 aromatic carbocycles. The van der Waals surface area contributed by atoms with Gasteiger partial charge in [-0.15, -0.1) is 0 Å². The molecule has 1 aromatic heterocycles. The number of allylic oxidation sites excluding steroid dienone is 3. The predicted molar refractivity (Wildman–Crippen MR) is 89.0 cm³/mol. The molecule has 0 bridgehead atoms. The Kier molecular flexibility index (Phi) is 4.01. The molecule has 4 N–H and O–H groups in total. The lowest BCUT2D eigenvalue weighted by Gasteiger charge is -2.38. The maximum Gasteiger partial charge on any atom is 0.222 e. The van der Waals surface area contributed by atoms with Gasteiger partial charge in [0.1, 0.15) is 0 Å². The van der Waals surface area contributed by atoms with E-state index in [0.29, 0.717) is 5.82 Å². The smallest absolute Gasteiger partial charge is 0.222 e. The van der Waals surface area contributed by atoms with Crippen molar-refractivity contribution in [2.24, 2.45) is 0 Å². The fraction of sp³-hybridized carbons (Fsp3) is 0.429. The second-order valence-corrected chi connectivity index (χ2v) is 6.25. The van der Waals surface area contributed by atoms with Crippen molar-refractivity contribution in [1.29, 1.82) is 0 Å². The number of hydrogen-bond acceptors (Lipinski definition) is 6. The zero-order valence-electron chi connectivity index (χ0n) is 11.8. The summed E-state index contributed by atoms with van der Waals surface area (Å²) >= 11 is 3.60. The summed E-state index contributed by atoms with van der Waals surface area (Å²) in [6.45, 7) is 3.74. The van der Waals surface area contributed by atoms with Gasteiger partial charge in [-0.2, -0.15) is 4.98 Å². The Bertz CT molecular complexity index is 589. The minimum Gasteiger partial charge on any atom is -0.382 e. The van der Waals surface area contributed by atoms with Gasteiger partial charge in [0.2, 0.25) is 5.95 Å². The van der Waals surface area contributed by atoms with Crippen LogP contribution in [0.5, 0.6) is 0 Å². The van der Waals surface area contributed by atoms with Crippen molar-refractivity contribution in [1.82, 2.24) is 14.9 Å². The van der Waals surface area contributed by atoms with Crippen molar-refractivity contribution >= 4 is 33.4 Å². The highest BCUT2D eigenvalue weighted by atomic mass is 79.9. The minimum absolute atomic E-state index is 0.220. The van der Waals surface area contributed by atoms with Crippen LogP contribution in [-0.2, 0) is 0 Å². The summed E-state index contributed by atoms with van der Waals surface area (Å²) in [5.41, 5.74) is 13.7. The monoisotopic (exact) mass is 350 g/mol. The Morgan fingerprint density at radius 3 is 2.48 bits per heavy atom. The Balaban J connectivity index is 1.66. The van der Waals surface area contributed by atoms with E-state index in [0.717, 1.165) is 44.7 Å². The average Bonchev–Trinajstić information content (AvgIpc) is 2.47. The predicted octanol–water partition coefficient (Wildman–Crippen LogP) is 1.72. The van der Waals surface area contributed by atoms with Gasteiger partial charge in [-0.25, -0.2) is 4.98 Å². The van der Waals surface area contributed by atoms with Crippen molar-refractivity contribution in [2.75, 3.05) is 42.5 Å². The van der Waals surface area contributed by atoms with Gasteiger partial charge in [-0.1, -0.05) is 22.0 Å². The first-order chi connectivity index (χ1) is 10.1. The quantitative estimate of drug-likeness (QED) is 0.844. The number of rotatable bonds is 2. The molecule has 6 nitrogen and oxygen atoms in total. The lowest BCUT2D eigenvalue weighted by Crippen LogP contribution is -2.46. The third-order valence-electron chi connectivity index (χ3n) is 3.84. The number of aromatic nitrogens is 2. The lowest BCUT2D eigenvalue weighted by molar-refractivity contribution is 0.328. The van der Waals surface area contributed by atoms with E-state index in [2.05, 4.69) is 47.8 Å². The van der Waals surface area contributed by atoms with Gasteiger partial charge in [0.25, 0.3) is 0 Å². The first kappa shape index (κ1) is 14.2. The number of nitrogens with zero attached hydrogens (tertiary/aromatic N) is 4. The van der Waals surface area contributed by atoms with Crippen LogP contribution in [0.3, 0.4) is 0 Å². The van der Waals surface area contributed by atoms with Gasteiger partial charge < -0.3 is 21.3 Å². The summed E-state index contributed by atoms with van der Waals surface area (Å²) in [6.07, 6.45) is 8.44. The molecule has 0 atom stereocenters. The molecule has 1 aromatic rings. The first-order valence-electron chi connectivity index (χ1n) is 7.07. The van der Waals surface area contributed by atoms with E-state index in [9.17, 15) is 0 Å². The second-order valence-electron chi connectivity index (χ2n) is 5.23. The average molecular weight is 351 g/mol. The number of piperazine rings is 1. The van der Waals surface area contributed by atoms with Crippen LogP contribution < -0.4 is 16.4 Å². The summed E-state index contributed by atoms with van der Waals surface area (Å²) in [5, 5.41) is 0. The van der Waals surface area contributed by atoms with Crippen molar-refractivity contribution in [2.45, 2.75) is 12.8 Å². The normalized spacial score (nSPS) is 19.3. The Morgan fingerprint density at radius 1 is 1.10 bits per heavy atom. The largest absolute Gasteiger partial charge is 0.382 e. The van der Waals surface area contributed by atoms with Crippen LogP contribution in [0.25, 0.3) is 0 Å². The van der Waals surface area contributed by atoms with E-state index in [1.807, 2.05) is 0 Å². The second kappa shape index (κ2) is 5.93. The van der Waals surface area contributed by atoms with Crippen LogP contribution in [0.15, 0.2) is 28.5 Å². The third kappa shape index (κ3) is 3.12. The number of nitrogen functional groups attached to an aromatic ring is 2. The molecule has 0 saturated carbocycles. The van der Waals surface area contributed by atoms with Crippen molar-refractivity contribution < 1.29 is 0 Å². The van der Waals surface area contributed by atoms with Crippen LogP contribution in [0.4, 0.5) is 17.5 Å². The third-order valence-corrected chi connectivity index (χ3v) is 4.47. The fourth-order valence-corrected chi connectivity index (χ4v) is 3.19. The maximum absolute atomic E-state index is 5.93. The van der Waals surface area contributed by atoms with Gasteiger partial charge >= 0.3 is 0 Å². The van der Waals surface area contributed by atoms with E-state index < -0.39 is 0 Å². The number of nitrogens with two attached hydrogens (primary N) is 2. The standard InChI is InChI=1S/C14H19BrN6/c15-10-2-1-3-11(8-10)20-4-6-21(7-5-20)12-9-18-14(17)19-13(12)16/h3,8-9H,1-2,4-7H2,(H4,16,17,18,19). The zero-order chi connectivity index (χ0) is 14.8. The molecule has 2 aliphatic rings. The first-order valence-corrected chi connectivity index (χ1v) is 7.87. The molecular weight excluding hydrogens is 332 g/mol. The van der Waals surface area contributed by atoms with E-state index in [4.69, 9.17) is 11.5 Å². The fourth-order valence-electron chi connectivity index (χ4n) is 2.72. The van der Waals surface area contributed by atoms with Crippen LogP contribution in [0.1, 0.15) is 12.8 Å². The molecule has 0 radical (unpaired) electrons.